The van der Waals surface area contributed by atoms with E-state index >= 15 is 0 Å². The van der Waals surface area contributed by atoms with E-state index in [1.165, 1.54) is 0 Å². The van der Waals surface area contributed by atoms with Crippen LogP contribution in [0.1, 0.15) is 29.6 Å². The Morgan fingerprint density at radius 2 is 1.58 bits per heavy atom. The monoisotopic (exact) mass is 405 g/mol. The van der Waals surface area contributed by atoms with Gasteiger partial charge in [0, 0.05) is 27.4 Å². The molecule has 0 atom stereocenters. The Morgan fingerprint density at radius 3 is 2.19 bits per heavy atom. The second-order valence-corrected chi connectivity index (χ2v) is 6.80. The fraction of sp³-hybridized carbons (Fsp3) is 0.0345. The van der Waals surface area contributed by atoms with Gasteiger partial charge in [0.1, 0.15) is 11.5 Å². The van der Waals surface area contributed by atoms with Crippen molar-refractivity contribution in [3.63, 3.8) is 0 Å². The predicted molar refractivity (Wildman–Crippen MR) is 138 cm³/mol. The maximum absolute atomic E-state index is 5.97. The number of fused-ring (bicyclic) bond motifs is 1. The predicted octanol–water partition coefficient (Wildman–Crippen LogP) is 6.67. The molecule has 0 saturated heterocycles. The zero-order valence-corrected chi connectivity index (χ0v) is 18.0. The van der Waals surface area contributed by atoms with Crippen LogP contribution < -0.4 is 10.6 Å². The molecule has 154 valence electrons. The number of aromatic nitrogens is 1. The highest BCUT2D eigenvalue weighted by Crippen LogP contribution is 2.30. The molecular formula is C29H27NO. The topological polar surface area (TPSA) is 18.1 Å². The normalized spacial score (nSPS) is 13.1. The molecule has 31 heavy (non-hydrogen) atoms. The number of para-hydroxylation sites is 1. The fourth-order valence-corrected chi connectivity index (χ4v) is 3.78. The Balaban J connectivity index is 2.49. The van der Waals surface area contributed by atoms with E-state index in [2.05, 4.69) is 55.7 Å². The van der Waals surface area contributed by atoms with Gasteiger partial charge in [-0.15, -0.1) is 0 Å². The van der Waals surface area contributed by atoms with Gasteiger partial charge in [0.05, 0.1) is 10.9 Å². The molecule has 3 aromatic rings. The van der Waals surface area contributed by atoms with E-state index in [4.69, 9.17) is 4.42 Å². The summed E-state index contributed by atoms with van der Waals surface area (Å²) in [5.41, 5.74) is 3.85. The van der Waals surface area contributed by atoms with Crippen LogP contribution in [0.5, 0.6) is 0 Å². The number of rotatable bonds is 8. The molecule has 1 aromatic carbocycles. The SMILES string of the molecule is C=C/C=c1\c(=C/C=C)n(/C(C=C)=C/c2c(C=C)oc(C=C)c2/C=C\C)c2ccccc12. The minimum Gasteiger partial charge on any atom is -0.456 e. The first-order valence-corrected chi connectivity index (χ1v) is 10.1. The lowest BCUT2D eigenvalue weighted by Gasteiger charge is -2.08. The zero-order valence-electron chi connectivity index (χ0n) is 18.0. The Kier molecular flexibility index (Phi) is 6.74. The molecule has 2 nitrogen and oxygen atoms in total. The van der Waals surface area contributed by atoms with Crippen LogP contribution in [-0.2, 0) is 0 Å². The summed E-state index contributed by atoms with van der Waals surface area (Å²) in [5, 5.41) is 3.21. The quantitative estimate of drug-likeness (QED) is 0.383. The van der Waals surface area contributed by atoms with Gasteiger partial charge in [-0.3, -0.25) is 0 Å². The van der Waals surface area contributed by atoms with Crippen LogP contribution in [0.3, 0.4) is 0 Å². The van der Waals surface area contributed by atoms with Gasteiger partial charge in [-0.1, -0.05) is 81.5 Å². The van der Waals surface area contributed by atoms with Crippen molar-refractivity contribution in [3.05, 3.63) is 115 Å². The third-order valence-electron chi connectivity index (χ3n) is 5.02. The standard InChI is InChI=1S/C29H27NO/c1-7-15-22-23-18-13-14-19-27(23)30(26(22)17-9-3)21(10-4)20-25-24(16-8-2)28(11-5)31-29(25)12-6/h7-20H,1,3-6H2,2H3/b16-8-,21-20+,22-15-,26-17+. The summed E-state index contributed by atoms with van der Waals surface area (Å²) in [6.07, 6.45) is 19.0. The van der Waals surface area contributed by atoms with E-state index < -0.39 is 0 Å². The number of hydrogen-bond donors (Lipinski definition) is 0. The second-order valence-electron chi connectivity index (χ2n) is 6.80. The molecule has 0 spiro atoms. The lowest BCUT2D eigenvalue weighted by atomic mass is 10.1. The molecule has 2 heterocycles. The molecule has 0 aliphatic heterocycles. The average molecular weight is 406 g/mol. The van der Waals surface area contributed by atoms with E-state index in [0.717, 1.165) is 38.3 Å². The summed E-state index contributed by atoms with van der Waals surface area (Å²) in [5.74, 6) is 1.39. The van der Waals surface area contributed by atoms with Crippen molar-refractivity contribution in [2.45, 2.75) is 6.92 Å². The van der Waals surface area contributed by atoms with Crippen LogP contribution in [0, 0.1) is 0 Å². The highest BCUT2D eigenvalue weighted by molar-refractivity contribution is 5.92. The zero-order chi connectivity index (χ0) is 22.4. The van der Waals surface area contributed by atoms with Crippen LogP contribution in [-0.4, -0.2) is 4.57 Å². The summed E-state index contributed by atoms with van der Waals surface area (Å²) >= 11 is 0. The van der Waals surface area contributed by atoms with Crippen LogP contribution in [0.25, 0.3) is 53.1 Å². The second kappa shape index (κ2) is 9.64. The van der Waals surface area contributed by atoms with Crippen molar-refractivity contribution in [1.82, 2.24) is 4.57 Å². The van der Waals surface area contributed by atoms with Crippen molar-refractivity contribution in [2.75, 3.05) is 0 Å². The van der Waals surface area contributed by atoms with Crippen molar-refractivity contribution in [2.24, 2.45) is 0 Å². The first-order chi connectivity index (χ1) is 15.1. The number of hydrogen-bond acceptors (Lipinski definition) is 1. The van der Waals surface area contributed by atoms with Gasteiger partial charge in [-0.25, -0.2) is 0 Å². The van der Waals surface area contributed by atoms with E-state index in [1.54, 1.807) is 24.3 Å². The van der Waals surface area contributed by atoms with Gasteiger partial charge in [-0.2, -0.15) is 0 Å². The van der Waals surface area contributed by atoms with Gasteiger partial charge < -0.3 is 8.98 Å². The molecule has 0 fully saturated rings. The van der Waals surface area contributed by atoms with Gasteiger partial charge in [0.15, 0.2) is 0 Å². The summed E-state index contributed by atoms with van der Waals surface area (Å²) in [7, 11) is 0. The van der Waals surface area contributed by atoms with Gasteiger partial charge in [0.2, 0.25) is 0 Å². The Morgan fingerprint density at radius 1 is 0.903 bits per heavy atom. The molecule has 0 amide bonds. The summed E-state index contributed by atoms with van der Waals surface area (Å²) in [6, 6.07) is 8.27. The molecule has 0 N–H and O–H groups in total. The van der Waals surface area contributed by atoms with Gasteiger partial charge in [-0.05, 0) is 43.4 Å². The highest BCUT2D eigenvalue weighted by Gasteiger charge is 2.15. The number of allylic oxidation sites excluding steroid dienone is 5. The van der Waals surface area contributed by atoms with Crippen molar-refractivity contribution >= 4 is 53.1 Å². The van der Waals surface area contributed by atoms with E-state index in [-0.39, 0.29) is 0 Å². The molecule has 2 heteroatoms. The van der Waals surface area contributed by atoms with Crippen LogP contribution in [0.15, 0.2) is 85.9 Å². The summed E-state index contributed by atoms with van der Waals surface area (Å²) in [6.45, 7) is 21.7. The molecule has 0 bridgehead atoms. The largest absolute Gasteiger partial charge is 0.456 e. The minimum atomic E-state index is 0.686. The Labute approximate surface area is 183 Å². The van der Waals surface area contributed by atoms with E-state index in [9.17, 15) is 0 Å². The first kappa shape index (κ1) is 21.7. The molecule has 0 radical (unpaired) electrons. The summed E-state index contributed by atoms with van der Waals surface area (Å²) < 4.78 is 8.14. The van der Waals surface area contributed by atoms with Gasteiger partial charge >= 0.3 is 0 Å². The number of nitrogens with zero attached hydrogens (tertiary/aromatic N) is 1. The minimum absolute atomic E-state index is 0.686. The molecular weight excluding hydrogens is 378 g/mol. The lowest BCUT2D eigenvalue weighted by Crippen LogP contribution is -2.28. The van der Waals surface area contributed by atoms with Gasteiger partial charge in [0.25, 0.3) is 0 Å². The molecule has 2 aromatic heterocycles. The molecule has 0 unspecified atom stereocenters. The Hall–Kier alpha value is -4.04. The maximum Gasteiger partial charge on any atom is 0.134 e. The molecule has 0 aliphatic carbocycles. The third kappa shape index (κ3) is 3.88. The molecule has 0 saturated carbocycles. The first-order valence-electron chi connectivity index (χ1n) is 10.1. The average Bonchev–Trinajstić information content (AvgIpc) is 3.28. The van der Waals surface area contributed by atoms with Crippen molar-refractivity contribution < 1.29 is 4.42 Å². The summed E-state index contributed by atoms with van der Waals surface area (Å²) in [4.78, 5) is 0. The van der Waals surface area contributed by atoms with E-state index in [1.807, 2.05) is 49.4 Å². The van der Waals surface area contributed by atoms with Crippen LogP contribution >= 0.6 is 0 Å². The molecule has 0 aliphatic rings. The molecule has 3 rings (SSSR count). The fourth-order valence-electron chi connectivity index (χ4n) is 3.78. The number of benzene rings is 1. The number of furan rings is 1. The maximum atomic E-state index is 5.97. The van der Waals surface area contributed by atoms with Crippen molar-refractivity contribution in [1.29, 1.82) is 0 Å². The third-order valence-corrected chi connectivity index (χ3v) is 5.02. The lowest BCUT2D eigenvalue weighted by molar-refractivity contribution is 0.546. The smallest absolute Gasteiger partial charge is 0.134 e. The van der Waals surface area contributed by atoms with Crippen LogP contribution in [0.4, 0.5) is 0 Å². The Bertz CT molecular complexity index is 1370. The van der Waals surface area contributed by atoms with E-state index in [0.29, 0.717) is 11.5 Å². The van der Waals surface area contributed by atoms with Crippen molar-refractivity contribution in [3.8, 4) is 0 Å². The van der Waals surface area contributed by atoms with Crippen LogP contribution in [0.2, 0.25) is 0 Å². The highest BCUT2D eigenvalue weighted by atomic mass is 16.3.